The van der Waals surface area contributed by atoms with Gasteiger partial charge < -0.3 is 14.7 Å². The molecule has 0 bridgehead atoms. The number of ether oxygens (including phenoxy) is 1. The SMILES string of the molecule is O=C(C(F)c1ccc(C(F)(F)F)cc1)N1C[C@H]2COCC[C@@]2(C(=O)O)C1. The number of carboxylic acids is 1. The molecule has 9 heteroatoms. The highest BCUT2D eigenvalue weighted by atomic mass is 19.4. The number of carboxylic acid groups (broad SMARTS) is 1. The summed E-state index contributed by atoms with van der Waals surface area (Å²) in [5.74, 6) is -2.43. The van der Waals surface area contributed by atoms with Gasteiger partial charge in [-0.15, -0.1) is 0 Å². The minimum absolute atomic E-state index is 0.0478. The average Bonchev–Trinajstić information content (AvgIpc) is 3.01. The molecule has 5 nitrogen and oxygen atoms in total. The largest absolute Gasteiger partial charge is 0.481 e. The molecule has 1 unspecified atom stereocenters. The molecule has 0 radical (unpaired) electrons. The molecule has 142 valence electrons. The molecule has 0 aromatic heterocycles. The first kappa shape index (κ1) is 18.6. The molecule has 3 atom stereocenters. The van der Waals surface area contributed by atoms with Crippen molar-refractivity contribution in [2.24, 2.45) is 11.3 Å². The lowest BCUT2D eigenvalue weighted by atomic mass is 9.74. The van der Waals surface area contributed by atoms with E-state index in [1.807, 2.05) is 0 Å². The summed E-state index contributed by atoms with van der Waals surface area (Å²) in [5.41, 5.74) is -2.29. The summed E-state index contributed by atoms with van der Waals surface area (Å²) in [6, 6.07) is 3.27. The second-order valence-corrected chi connectivity index (χ2v) is 6.68. The van der Waals surface area contributed by atoms with Crippen LogP contribution in [-0.2, 0) is 20.5 Å². The lowest BCUT2D eigenvalue weighted by Gasteiger charge is -2.33. The van der Waals surface area contributed by atoms with Crippen LogP contribution in [0, 0.1) is 11.3 Å². The molecule has 0 aliphatic carbocycles. The second-order valence-electron chi connectivity index (χ2n) is 6.68. The van der Waals surface area contributed by atoms with Crippen LogP contribution in [-0.4, -0.2) is 48.2 Å². The van der Waals surface area contributed by atoms with E-state index in [0.29, 0.717) is 12.1 Å². The highest BCUT2D eigenvalue weighted by molar-refractivity contribution is 5.85. The lowest BCUT2D eigenvalue weighted by Crippen LogP contribution is -2.45. The molecule has 3 rings (SSSR count). The van der Waals surface area contributed by atoms with Crippen molar-refractivity contribution < 1.29 is 37.0 Å². The van der Waals surface area contributed by atoms with Crippen LogP contribution in [0.3, 0.4) is 0 Å². The molecular formula is C17H17F4NO4. The standard InChI is InChI=1S/C17H17F4NO4/c18-13(10-1-3-11(4-2-10)17(19,20)21)14(23)22-7-12-8-26-6-5-16(12,9-22)15(24)25/h1-4,12-13H,5-9H2,(H,24,25)/t12-,13?,16+/m0/s1. The number of aliphatic carboxylic acids is 1. The Labute approximate surface area is 146 Å². The molecule has 2 aliphatic rings. The highest BCUT2D eigenvalue weighted by Gasteiger charge is 2.55. The zero-order valence-corrected chi connectivity index (χ0v) is 13.6. The Kier molecular flexibility index (Phi) is 4.68. The number of rotatable bonds is 3. The number of likely N-dealkylation sites (tertiary alicyclic amines) is 1. The predicted molar refractivity (Wildman–Crippen MR) is 80.9 cm³/mol. The third kappa shape index (κ3) is 3.15. The summed E-state index contributed by atoms with van der Waals surface area (Å²) in [6.07, 6.45) is -6.47. The van der Waals surface area contributed by atoms with E-state index in [2.05, 4.69) is 0 Å². The minimum atomic E-state index is -4.55. The van der Waals surface area contributed by atoms with Crippen LogP contribution in [0.1, 0.15) is 23.7 Å². The maximum absolute atomic E-state index is 14.6. The van der Waals surface area contributed by atoms with Crippen molar-refractivity contribution in [3.8, 4) is 0 Å². The Morgan fingerprint density at radius 3 is 2.46 bits per heavy atom. The lowest BCUT2D eigenvalue weighted by molar-refractivity contribution is -0.157. The van der Waals surface area contributed by atoms with Gasteiger partial charge in [-0.05, 0) is 24.1 Å². The van der Waals surface area contributed by atoms with E-state index in [9.17, 15) is 32.3 Å². The van der Waals surface area contributed by atoms with Crippen molar-refractivity contribution in [3.63, 3.8) is 0 Å². The van der Waals surface area contributed by atoms with Crippen LogP contribution in [0.5, 0.6) is 0 Å². The number of hydrogen-bond donors (Lipinski definition) is 1. The van der Waals surface area contributed by atoms with Crippen molar-refractivity contribution in [3.05, 3.63) is 35.4 Å². The third-order valence-electron chi connectivity index (χ3n) is 5.19. The molecule has 2 saturated heterocycles. The fourth-order valence-electron chi connectivity index (χ4n) is 3.61. The minimum Gasteiger partial charge on any atom is -0.481 e. The third-order valence-corrected chi connectivity index (χ3v) is 5.19. The van der Waals surface area contributed by atoms with Gasteiger partial charge in [0.1, 0.15) is 0 Å². The van der Waals surface area contributed by atoms with E-state index in [1.54, 1.807) is 0 Å². The maximum atomic E-state index is 14.6. The number of benzene rings is 1. The molecule has 2 aliphatic heterocycles. The van der Waals surface area contributed by atoms with Crippen LogP contribution in [0.25, 0.3) is 0 Å². The molecule has 1 amide bonds. The van der Waals surface area contributed by atoms with Gasteiger partial charge in [0.25, 0.3) is 5.91 Å². The quantitative estimate of drug-likeness (QED) is 0.825. The zero-order valence-electron chi connectivity index (χ0n) is 13.6. The number of amides is 1. The van der Waals surface area contributed by atoms with Gasteiger partial charge in [-0.25, -0.2) is 4.39 Å². The number of carbonyl (C=O) groups is 2. The number of nitrogens with zero attached hydrogens (tertiary/aromatic N) is 1. The monoisotopic (exact) mass is 375 g/mol. The van der Waals surface area contributed by atoms with E-state index in [0.717, 1.165) is 17.0 Å². The summed E-state index contributed by atoms with van der Waals surface area (Å²) in [7, 11) is 0. The summed E-state index contributed by atoms with van der Waals surface area (Å²) in [6.45, 7) is 0.346. The van der Waals surface area contributed by atoms with Crippen LogP contribution < -0.4 is 0 Å². The normalized spacial score (nSPS) is 27.1. The van der Waals surface area contributed by atoms with Crippen molar-refractivity contribution in [1.82, 2.24) is 4.90 Å². The van der Waals surface area contributed by atoms with Gasteiger partial charge in [0.05, 0.1) is 17.6 Å². The van der Waals surface area contributed by atoms with Crippen molar-refractivity contribution in [2.45, 2.75) is 18.8 Å². The van der Waals surface area contributed by atoms with Gasteiger partial charge in [0.15, 0.2) is 0 Å². The van der Waals surface area contributed by atoms with E-state index in [-0.39, 0.29) is 38.3 Å². The van der Waals surface area contributed by atoms with Crippen molar-refractivity contribution in [2.75, 3.05) is 26.3 Å². The molecule has 26 heavy (non-hydrogen) atoms. The number of halogens is 4. The zero-order chi connectivity index (χ0) is 19.1. The van der Waals surface area contributed by atoms with E-state index >= 15 is 0 Å². The van der Waals surface area contributed by atoms with Crippen LogP contribution >= 0.6 is 0 Å². The Morgan fingerprint density at radius 1 is 1.27 bits per heavy atom. The van der Waals surface area contributed by atoms with Crippen molar-refractivity contribution >= 4 is 11.9 Å². The molecular weight excluding hydrogens is 358 g/mol. The smallest absolute Gasteiger partial charge is 0.416 e. The van der Waals surface area contributed by atoms with Gasteiger partial charge in [-0.3, -0.25) is 9.59 Å². The Bertz CT molecular complexity index is 706. The summed E-state index contributed by atoms with van der Waals surface area (Å²) < 4.78 is 57.6. The second kappa shape index (κ2) is 6.53. The Hall–Kier alpha value is -2.16. The molecule has 1 aromatic rings. The van der Waals surface area contributed by atoms with Gasteiger partial charge in [-0.1, -0.05) is 12.1 Å². The fraction of sp³-hybridized carbons (Fsp3) is 0.529. The molecule has 0 saturated carbocycles. The van der Waals surface area contributed by atoms with Crippen LogP contribution in [0.4, 0.5) is 17.6 Å². The molecule has 2 fully saturated rings. The number of fused-ring (bicyclic) bond motifs is 1. The van der Waals surface area contributed by atoms with E-state index in [4.69, 9.17) is 4.74 Å². The Balaban J connectivity index is 1.76. The van der Waals surface area contributed by atoms with Crippen LogP contribution in [0.15, 0.2) is 24.3 Å². The first-order valence-electron chi connectivity index (χ1n) is 8.06. The average molecular weight is 375 g/mol. The molecule has 0 spiro atoms. The number of hydrogen-bond acceptors (Lipinski definition) is 3. The first-order chi connectivity index (χ1) is 12.1. The van der Waals surface area contributed by atoms with Crippen LogP contribution in [0.2, 0.25) is 0 Å². The maximum Gasteiger partial charge on any atom is 0.416 e. The highest BCUT2D eigenvalue weighted by Crippen LogP contribution is 2.43. The van der Waals surface area contributed by atoms with Gasteiger partial charge in [0.2, 0.25) is 6.17 Å². The number of alkyl halides is 4. The molecule has 2 heterocycles. The number of carbonyl (C=O) groups excluding carboxylic acids is 1. The molecule has 1 N–H and O–H groups in total. The van der Waals surface area contributed by atoms with E-state index in [1.165, 1.54) is 0 Å². The topological polar surface area (TPSA) is 66.8 Å². The van der Waals surface area contributed by atoms with Crippen molar-refractivity contribution in [1.29, 1.82) is 0 Å². The summed E-state index contributed by atoms with van der Waals surface area (Å²) in [5, 5.41) is 9.57. The summed E-state index contributed by atoms with van der Waals surface area (Å²) >= 11 is 0. The fourth-order valence-corrected chi connectivity index (χ4v) is 3.61. The van der Waals surface area contributed by atoms with Gasteiger partial charge in [-0.2, -0.15) is 13.2 Å². The molecule has 1 aromatic carbocycles. The van der Waals surface area contributed by atoms with E-state index < -0.39 is 41.1 Å². The van der Waals surface area contributed by atoms with Gasteiger partial charge >= 0.3 is 12.1 Å². The predicted octanol–water partition coefficient (Wildman–Crippen LogP) is 2.67. The summed E-state index contributed by atoms with van der Waals surface area (Å²) in [4.78, 5) is 25.3. The van der Waals surface area contributed by atoms with Gasteiger partial charge in [0, 0.05) is 25.6 Å². The Morgan fingerprint density at radius 2 is 1.92 bits per heavy atom. The first-order valence-corrected chi connectivity index (χ1v) is 8.06.